The highest BCUT2D eigenvalue weighted by atomic mass is 16.5. The SMILES string of the molecule is CC(C)NCC1CCCOC1C1CCC(C(C)(C)C)CC1. The van der Waals surface area contributed by atoms with E-state index in [2.05, 4.69) is 39.9 Å². The molecule has 0 amide bonds. The van der Waals surface area contributed by atoms with E-state index in [1.165, 1.54) is 38.5 Å². The highest BCUT2D eigenvalue weighted by Gasteiger charge is 2.37. The van der Waals surface area contributed by atoms with Crippen molar-refractivity contribution in [3.8, 4) is 0 Å². The molecule has 2 aliphatic rings. The summed E-state index contributed by atoms with van der Waals surface area (Å²) in [5.41, 5.74) is 0.483. The van der Waals surface area contributed by atoms with Gasteiger partial charge in [-0.2, -0.15) is 0 Å². The molecule has 2 rings (SSSR count). The third-order valence-electron chi connectivity index (χ3n) is 5.74. The first kappa shape index (κ1) is 17.3. The minimum Gasteiger partial charge on any atom is -0.378 e. The van der Waals surface area contributed by atoms with Crippen molar-refractivity contribution in [1.29, 1.82) is 0 Å². The summed E-state index contributed by atoms with van der Waals surface area (Å²) in [6.45, 7) is 13.8. The summed E-state index contributed by atoms with van der Waals surface area (Å²) in [6.07, 6.45) is 8.68. The first-order valence-corrected chi connectivity index (χ1v) is 9.23. The van der Waals surface area contributed by atoms with Crippen molar-refractivity contribution >= 4 is 0 Å². The van der Waals surface area contributed by atoms with Crippen LogP contribution in [0.4, 0.5) is 0 Å². The van der Waals surface area contributed by atoms with Crippen molar-refractivity contribution in [2.45, 2.75) is 85.3 Å². The summed E-state index contributed by atoms with van der Waals surface area (Å²) in [5.74, 6) is 2.45. The van der Waals surface area contributed by atoms with E-state index in [4.69, 9.17) is 4.74 Å². The van der Waals surface area contributed by atoms with Gasteiger partial charge in [0.15, 0.2) is 0 Å². The van der Waals surface area contributed by atoms with Gasteiger partial charge in [0.05, 0.1) is 6.10 Å². The Bertz CT molecular complexity index is 299. The highest BCUT2D eigenvalue weighted by molar-refractivity contribution is 4.88. The average Bonchev–Trinajstić information content (AvgIpc) is 2.44. The van der Waals surface area contributed by atoms with Crippen molar-refractivity contribution in [2.24, 2.45) is 23.2 Å². The van der Waals surface area contributed by atoms with E-state index in [-0.39, 0.29) is 0 Å². The van der Waals surface area contributed by atoms with Gasteiger partial charge in [-0.15, -0.1) is 0 Å². The van der Waals surface area contributed by atoms with Gasteiger partial charge in [-0.3, -0.25) is 0 Å². The fourth-order valence-electron chi connectivity index (χ4n) is 4.31. The molecule has 1 aliphatic heterocycles. The molecule has 2 atom stereocenters. The van der Waals surface area contributed by atoms with Crippen molar-refractivity contribution < 1.29 is 4.74 Å². The van der Waals surface area contributed by atoms with Crippen LogP contribution >= 0.6 is 0 Å². The van der Waals surface area contributed by atoms with Crippen molar-refractivity contribution in [2.75, 3.05) is 13.2 Å². The zero-order chi connectivity index (χ0) is 15.5. The second-order valence-corrected chi connectivity index (χ2v) is 8.78. The van der Waals surface area contributed by atoms with Crippen LogP contribution in [0.1, 0.15) is 73.1 Å². The molecule has 2 fully saturated rings. The normalized spacial score (nSPS) is 35.1. The van der Waals surface area contributed by atoms with E-state index in [1.54, 1.807) is 0 Å². The summed E-state index contributed by atoms with van der Waals surface area (Å²) in [7, 11) is 0. The van der Waals surface area contributed by atoms with Gasteiger partial charge in [0.2, 0.25) is 0 Å². The quantitative estimate of drug-likeness (QED) is 0.816. The molecule has 1 N–H and O–H groups in total. The second kappa shape index (κ2) is 7.46. The lowest BCUT2D eigenvalue weighted by molar-refractivity contribution is -0.0744. The molecule has 0 spiro atoms. The first-order valence-electron chi connectivity index (χ1n) is 9.23. The van der Waals surface area contributed by atoms with E-state index in [9.17, 15) is 0 Å². The van der Waals surface area contributed by atoms with Crippen LogP contribution in [-0.2, 0) is 4.74 Å². The Morgan fingerprint density at radius 2 is 1.71 bits per heavy atom. The van der Waals surface area contributed by atoms with Crippen LogP contribution in [0.3, 0.4) is 0 Å². The topological polar surface area (TPSA) is 21.3 Å². The average molecular weight is 296 g/mol. The largest absolute Gasteiger partial charge is 0.378 e. The van der Waals surface area contributed by atoms with E-state index in [1.807, 2.05) is 0 Å². The molecule has 0 radical (unpaired) electrons. The van der Waals surface area contributed by atoms with Gasteiger partial charge >= 0.3 is 0 Å². The molecule has 1 aliphatic carbocycles. The number of nitrogens with one attached hydrogen (secondary N) is 1. The number of rotatable bonds is 4. The molecular weight excluding hydrogens is 258 g/mol. The summed E-state index contributed by atoms with van der Waals surface area (Å²) in [6, 6.07) is 0.587. The van der Waals surface area contributed by atoms with E-state index in [0.717, 1.165) is 30.9 Å². The lowest BCUT2D eigenvalue weighted by Crippen LogP contribution is -2.44. The Balaban J connectivity index is 1.87. The molecule has 21 heavy (non-hydrogen) atoms. The predicted molar refractivity (Wildman–Crippen MR) is 90.5 cm³/mol. The molecule has 0 aromatic heterocycles. The zero-order valence-electron chi connectivity index (χ0n) is 15.0. The Kier molecular flexibility index (Phi) is 6.14. The Labute approximate surface area is 132 Å². The fraction of sp³-hybridized carbons (Fsp3) is 1.00. The summed E-state index contributed by atoms with van der Waals surface area (Å²) >= 11 is 0. The van der Waals surface area contributed by atoms with Gasteiger partial charge in [-0.1, -0.05) is 34.6 Å². The number of hydrogen-bond donors (Lipinski definition) is 1. The molecule has 2 heteroatoms. The van der Waals surface area contributed by atoms with Crippen LogP contribution in [0.15, 0.2) is 0 Å². The summed E-state index contributed by atoms with van der Waals surface area (Å²) in [5, 5.41) is 3.64. The second-order valence-electron chi connectivity index (χ2n) is 8.78. The molecular formula is C19H37NO. The van der Waals surface area contributed by atoms with Crippen molar-refractivity contribution in [3.63, 3.8) is 0 Å². The van der Waals surface area contributed by atoms with Crippen LogP contribution in [0.2, 0.25) is 0 Å². The lowest BCUT2D eigenvalue weighted by atomic mass is 9.67. The maximum Gasteiger partial charge on any atom is 0.0643 e. The third-order valence-corrected chi connectivity index (χ3v) is 5.74. The molecule has 2 unspecified atom stereocenters. The number of hydrogen-bond acceptors (Lipinski definition) is 2. The maximum atomic E-state index is 6.24. The van der Waals surface area contributed by atoms with Crippen LogP contribution in [0.25, 0.3) is 0 Å². The molecule has 0 bridgehead atoms. The Morgan fingerprint density at radius 3 is 2.29 bits per heavy atom. The summed E-state index contributed by atoms with van der Waals surface area (Å²) < 4.78 is 6.24. The summed E-state index contributed by atoms with van der Waals surface area (Å²) in [4.78, 5) is 0. The smallest absolute Gasteiger partial charge is 0.0643 e. The fourth-order valence-corrected chi connectivity index (χ4v) is 4.31. The third kappa shape index (κ3) is 4.96. The van der Waals surface area contributed by atoms with E-state index < -0.39 is 0 Å². The number of ether oxygens (including phenoxy) is 1. The van der Waals surface area contributed by atoms with Gasteiger partial charge in [-0.25, -0.2) is 0 Å². The molecule has 1 heterocycles. The van der Waals surface area contributed by atoms with Crippen molar-refractivity contribution in [3.05, 3.63) is 0 Å². The van der Waals surface area contributed by atoms with E-state index in [0.29, 0.717) is 17.6 Å². The van der Waals surface area contributed by atoms with Crippen molar-refractivity contribution in [1.82, 2.24) is 5.32 Å². The van der Waals surface area contributed by atoms with Gasteiger partial charge in [0.1, 0.15) is 0 Å². The van der Waals surface area contributed by atoms with E-state index >= 15 is 0 Å². The molecule has 0 aromatic carbocycles. The highest BCUT2D eigenvalue weighted by Crippen LogP contribution is 2.43. The minimum absolute atomic E-state index is 0.483. The maximum absolute atomic E-state index is 6.24. The minimum atomic E-state index is 0.483. The predicted octanol–water partition coefficient (Wildman–Crippen LogP) is 4.63. The molecule has 1 saturated heterocycles. The monoisotopic (exact) mass is 295 g/mol. The van der Waals surface area contributed by atoms with Gasteiger partial charge in [0.25, 0.3) is 0 Å². The van der Waals surface area contributed by atoms with Gasteiger partial charge in [0, 0.05) is 19.2 Å². The molecule has 124 valence electrons. The standard InChI is InChI=1S/C19H37NO/c1-14(2)20-13-16-7-6-12-21-18(16)15-8-10-17(11-9-15)19(3,4)5/h14-18,20H,6-13H2,1-5H3. The molecule has 2 nitrogen and oxygen atoms in total. The lowest BCUT2D eigenvalue weighted by Gasteiger charge is -2.43. The molecule has 0 aromatic rings. The van der Waals surface area contributed by atoms with Crippen LogP contribution in [-0.4, -0.2) is 25.3 Å². The van der Waals surface area contributed by atoms with Gasteiger partial charge < -0.3 is 10.1 Å². The van der Waals surface area contributed by atoms with Gasteiger partial charge in [-0.05, 0) is 61.7 Å². The molecule has 1 saturated carbocycles. The van der Waals surface area contributed by atoms with Crippen LogP contribution in [0, 0.1) is 23.2 Å². The van der Waals surface area contributed by atoms with Crippen LogP contribution < -0.4 is 5.32 Å². The Hall–Kier alpha value is -0.0800. The Morgan fingerprint density at radius 1 is 1.05 bits per heavy atom. The van der Waals surface area contributed by atoms with Crippen LogP contribution in [0.5, 0.6) is 0 Å². The zero-order valence-corrected chi connectivity index (χ0v) is 15.0. The first-order chi connectivity index (χ1) is 9.88.